The highest BCUT2D eigenvalue weighted by Gasteiger charge is 2.16. The Labute approximate surface area is 90.0 Å². The molecule has 0 aromatic carbocycles. The molecule has 0 amide bonds. The first-order valence-electron chi connectivity index (χ1n) is 5.19. The Hall–Kier alpha value is -1.09. The third-order valence-corrected chi connectivity index (χ3v) is 2.66. The second-order valence-corrected chi connectivity index (χ2v) is 3.65. The fourth-order valence-electron chi connectivity index (χ4n) is 1.49. The molecule has 0 aliphatic heterocycles. The van der Waals surface area contributed by atoms with Crippen LogP contribution in [0.5, 0.6) is 0 Å². The normalized spacial score (nSPS) is 13.7. The maximum absolute atomic E-state index is 12.0. The molecule has 0 saturated carbocycles. The number of allylic oxidation sites excluding steroid dienone is 1. The van der Waals surface area contributed by atoms with Crippen LogP contribution in [-0.2, 0) is 0 Å². The minimum atomic E-state index is -0.478. The predicted octanol–water partition coefficient (Wildman–Crippen LogP) is 3.29. The van der Waals surface area contributed by atoms with Crippen molar-refractivity contribution in [2.24, 2.45) is 5.73 Å². The Morgan fingerprint density at radius 2 is 2.07 bits per heavy atom. The highest BCUT2D eigenvalue weighted by Crippen LogP contribution is 2.27. The Bertz CT molecular complexity index is 355. The summed E-state index contributed by atoms with van der Waals surface area (Å²) in [4.78, 5) is 0. The van der Waals surface area contributed by atoms with E-state index in [4.69, 9.17) is 10.2 Å². The molecule has 3 heteroatoms. The molecule has 1 atom stereocenters. The molecule has 0 aliphatic carbocycles. The molecule has 0 radical (unpaired) electrons. The molecule has 84 valence electrons. The zero-order chi connectivity index (χ0) is 11.4. The summed E-state index contributed by atoms with van der Waals surface area (Å²) in [7, 11) is 0. The van der Waals surface area contributed by atoms with E-state index in [2.05, 4.69) is 0 Å². The fourth-order valence-corrected chi connectivity index (χ4v) is 1.49. The molecule has 1 aromatic heterocycles. The predicted molar refractivity (Wildman–Crippen MR) is 60.4 cm³/mol. The smallest absolute Gasteiger partial charge is 0.130 e. The highest BCUT2D eigenvalue weighted by molar-refractivity contribution is 5.51. The Kier molecular flexibility index (Phi) is 4.09. The molecule has 0 bridgehead atoms. The summed E-state index contributed by atoms with van der Waals surface area (Å²) < 4.78 is 17.6. The number of furan rings is 1. The van der Waals surface area contributed by atoms with E-state index >= 15 is 0 Å². The van der Waals surface area contributed by atoms with Crippen molar-refractivity contribution >= 4 is 6.08 Å². The molecule has 1 aromatic rings. The summed E-state index contributed by atoms with van der Waals surface area (Å²) in [5.41, 5.74) is 8.03. The van der Waals surface area contributed by atoms with Gasteiger partial charge in [0, 0.05) is 0 Å². The lowest BCUT2D eigenvalue weighted by atomic mass is 10.1. The van der Waals surface area contributed by atoms with Gasteiger partial charge in [0.25, 0.3) is 0 Å². The second-order valence-electron chi connectivity index (χ2n) is 3.65. The van der Waals surface area contributed by atoms with Crippen LogP contribution in [0.3, 0.4) is 0 Å². The molecule has 0 saturated heterocycles. The largest absolute Gasteiger partial charge is 0.460 e. The average molecular weight is 211 g/mol. The van der Waals surface area contributed by atoms with E-state index in [1.54, 1.807) is 6.08 Å². The average Bonchev–Trinajstić information content (AvgIpc) is 2.53. The second kappa shape index (κ2) is 5.12. The van der Waals surface area contributed by atoms with Gasteiger partial charge < -0.3 is 10.2 Å². The van der Waals surface area contributed by atoms with Crippen LogP contribution in [-0.4, -0.2) is 6.67 Å². The molecule has 15 heavy (non-hydrogen) atoms. The van der Waals surface area contributed by atoms with Gasteiger partial charge in [-0.2, -0.15) is 0 Å². The topological polar surface area (TPSA) is 39.2 Å². The van der Waals surface area contributed by atoms with E-state index in [-0.39, 0.29) is 6.04 Å². The third kappa shape index (κ3) is 2.48. The number of alkyl halides is 1. The van der Waals surface area contributed by atoms with Gasteiger partial charge in [0.05, 0.1) is 6.04 Å². The van der Waals surface area contributed by atoms with Crippen molar-refractivity contribution < 1.29 is 8.81 Å². The Morgan fingerprint density at radius 1 is 1.40 bits per heavy atom. The lowest BCUT2D eigenvalue weighted by molar-refractivity contribution is 0.450. The molecule has 0 aliphatic rings. The van der Waals surface area contributed by atoms with Crippen molar-refractivity contribution in [3.63, 3.8) is 0 Å². The van der Waals surface area contributed by atoms with E-state index in [1.807, 2.05) is 20.8 Å². The van der Waals surface area contributed by atoms with Gasteiger partial charge >= 0.3 is 0 Å². The summed E-state index contributed by atoms with van der Waals surface area (Å²) in [5, 5.41) is 0. The van der Waals surface area contributed by atoms with Crippen molar-refractivity contribution in [3.8, 4) is 0 Å². The molecule has 0 spiro atoms. The van der Waals surface area contributed by atoms with E-state index in [0.29, 0.717) is 5.76 Å². The van der Waals surface area contributed by atoms with Crippen molar-refractivity contribution in [1.82, 2.24) is 0 Å². The van der Waals surface area contributed by atoms with Crippen LogP contribution >= 0.6 is 0 Å². The van der Waals surface area contributed by atoms with Gasteiger partial charge in [-0.25, -0.2) is 4.39 Å². The summed E-state index contributed by atoms with van der Waals surface area (Å²) >= 11 is 0. The van der Waals surface area contributed by atoms with Gasteiger partial charge in [0.15, 0.2) is 0 Å². The molecule has 2 N–H and O–H groups in total. The lowest BCUT2D eigenvalue weighted by Crippen LogP contribution is -2.08. The first kappa shape index (κ1) is 12.0. The van der Waals surface area contributed by atoms with E-state index < -0.39 is 6.67 Å². The highest BCUT2D eigenvalue weighted by atomic mass is 19.1. The summed E-state index contributed by atoms with van der Waals surface area (Å²) in [6.07, 6.45) is 3.93. The molecule has 1 unspecified atom stereocenters. The van der Waals surface area contributed by atoms with Gasteiger partial charge in [0.2, 0.25) is 0 Å². The van der Waals surface area contributed by atoms with Gasteiger partial charge in [-0.05, 0) is 37.5 Å². The van der Waals surface area contributed by atoms with Gasteiger partial charge in [-0.15, -0.1) is 0 Å². The zero-order valence-electron chi connectivity index (χ0n) is 9.51. The van der Waals surface area contributed by atoms with Crippen LogP contribution < -0.4 is 5.73 Å². The monoisotopic (exact) mass is 211 g/mol. The minimum Gasteiger partial charge on any atom is -0.460 e. The van der Waals surface area contributed by atoms with Crippen molar-refractivity contribution in [2.45, 2.75) is 33.2 Å². The van der Waals surface area contributed by atoms with Gasteiger partial charge in [-0.3, -0.25) is 0 Å². The van der Waals surface area contributed by atoms with E-state index in [1.165, 1.54) is 6.08 Å². The van der Waals surface area contributed by atoms with E-state index in [0.717, 1.165) is 23.3 Å². The SMILES string of the molecule is CCC(N)c1oc(/C=C\CF)c(C)c1C. The molecule has 0 fully saturated rings. The summed E-state index contributed by atoms with van der Waals surface area (Å²) in [6, 6.07) is -0.0729. The zero-order valence-corrected chi connectivity index (χ0v) is 9.51. The Balaban J connectivity index is 3.06. The van der Waals surface area contributed by atoms with Crippen LogP contribution in [0.2, 0.25) is 0 Å². The number of rotatable bonds is 4. The van der Waals surface area contributed by atoms with Crippen LogP contribution in [0.1, 0.15) is 42.0 Å². The third-order valence-electron chi connectivity index (χ3n) is 2.66. The molecule has 2 nitrogen and oxygen atoms in total. The van der Waals surface area contributed by atoms with Crippen LogP contribution in [0, 0.1) is 13.8 Å². The molecular formula is C12H18FNO. The minimum absolute atomic E-state index is 0.0729. The quantitative estimate of drug-likeness (QED) is 0.830. The number of hydrogen-bond acceptors (Lipinski definition) is 2. The van der Waals surface area contributed by atoms with Crippen LogP contribution in [0.4, 0.5) is 4.39 Å². The molecule has 1 heterocycles. The Morgan fingerprint density at radius 3 is 2.60 bits per heavy atom. The first-order valence-corrected chi connectivity index (χ1v) is 5.19. The summed E-state index contributed by atoms with van der Waals surface area (Å²) in [6.45, 7) is 5.48. The van der Waals surface area contributed by atoms with Crippen LogP contribution in [0.15, 0.2) is 10.5 Å². The first-order chi connectivity index (χ1) is 7.11. The van der Waals surface area contributed by atoms with Gasteiger partial charge in [0.1, 0.15) is 18.2 Å². The number of nitrogens with two attached hydrogens (primary N) is 1. The maximum Gasteiger partial charge on any atom is 0.130 e. The summed E-state index contributed by atoms with van der Waals surface area (Å²) in [5.74, 6) is 1.53. The standard InChI is InChI=1S/C12H18FNO/c1-4-10(14)12-9(3)8(2)11(15-12)6-5-7-13/h5-6,10H,4,7,14H2,1-3H3/b6-5-. The number of hydrogen-bond donors (Lipinski definition) is 1. The maximum atomic E-state index is 12.0. The van der Waals surface area contributed by atoms with Crippen molar-refractivity contribution in [3.05, 3.63) is 28.7 Å². The molecule has 1 rings (SSSR count). The molecular weight excluding hydrogens is 193 g/mol. The van der Waals surface area contributed by atoms with Gasteiger partial charge in [-0.1, -0.05) is 13.0 Å². The van der Waals surface area contributed by atoms with Crippen molar-refractivity contribution in [1.29, 1.82) is 0 Å². The van der Waals surface area contributed by atoms with Crippen LogP contribution in [0.25, 0.3) is 6.08 Å². The fraction of sp³-hybridized carbons (Fsp3) is 0.500. The van der Waals surface area contributed by atoms with E-state index in [9.17, 15) is 4.39 Å². The number of halogens is 1. The van der Waals surface area contributed by atoms with Crippen molar-refractivity contribution in [2.75, 3.05) is 6.67 Å². The lowest BCUT2D eigenvalue weighted by Gasteiger charge is -2.05.